The zero-order valence-electron chi connectivity index (χ0n) is 29.4. The minimum Gasteiger partial charge on any atom is -0.481 e. The van der Waals surface area contributed by atoms with Crippen LogP contribution in [0.1, 0.15) is 106 Å². The van der Waals surface area contributed by atoms with Gasteiger partial charge in [-0.2, -0.15) is 0 Å². The molecule has 1 saturated heterocycles. The Kier molecular flexibility index (Phi) is 8.24. The lowest BCUT2D eigenvalue weighted by molar-refractivity contribution is -0.229. The summed E-state index contributed by atoms with van der Waals surface area (Å²) >= 11 is 0. The molecule has 252 valence electrons. The highest BCUT2D eigenvalue weighted by atomic mass is 16.5. The number of fused-ring (bicyclic) bond motifs is 7. The molecule has 5 aliphatic carbocycles. The standard InChI is InChI=1S/C38H60N2O5/c1-24-9-12-34(3)15-16-36(5)26(32(34)25(24)2)21-27(41)33-37(36,6)14-10-28-35(4,22-30(42)43)13-11-29(38(28,33)7)45-31(44)23-40-19-17-39(8)18-20-40/h21,24-25,28-29,32-33H,9-20,22-23H2,1-8H3,(H,42,43)/t24-,25+,28+,29?,32+,33+,34-,35?,36-,37-,38-/m1/s1. The van der Waals surface area contributed by atoms with Gasteiger partial charge in [0.15, 0.2) is 5.78 Å². The molecule has 4 saturated carbocycles. The first-order valence-electron chi connectivity index (χ1n) is 18.1. The first-order valence-corrected chi connectivity index (χ1v) is 18.1. The van der Waals surface area contributed by atoms with Gasteiger partial charge in [-0.25, -0.2) is 0 Å². The fourth-order valence-electron chi connectivity index (χ4n) is 12.6. The van der Waals surface area contributed by atoms with E-state index in [4.69, 9.17) is 4.74 Å². The van der Waals surface area contributed by atoms with E-state index >= 15 is 0 Å². The van der Waals surface area contributed by atoms with Gasteiger partial charge in [0.25, 0.3) is 0 Å². The molecule has 0 spiro atoms. The molecule has 11 atom stereocenters. The number of rotatable bonds is 5. The molecule has 0 aromatic heterocycles. The number of carbonyl (C=O) groups is 3. The average Bonchev–Trinajstić information content (AvgIpc) is 2.95. The molecule has 7 nitrogen and oxygen atoms in total. The highest BCUT2D eigenvalue weighted by molar-refractivity contribution is 5.96. The van der Waals surface area contributed by atoms with E-state index in [1.807, 2.05) is 0 Å². The third kappa shape index (κ3) is 4.98. The van der Waals surface area contributed by atoms with Gasteiger partial charge in [0.2, 0.25) is 0 Å². The number of hydrogen-bond donors (Lipinski definition) is 1. The fraction of sp³-hybridized carbons (Fsp3) is 0.868. The van der Waals surface area contributed by atoms with Gasteiger partial charge < -0.3 is 14.7 Å². The summed E-state index contributed by atoms with van der Waals surface area (Å²) in [6, 6.07) is 0. The van der Waals surface area contributed by atoms with Gasteiger partial charge in [0.05, 0.1) is 13.0 Å². The molecule has 1 heterocycles. The van der Waals surface area contributed by atoms with Crippen LogP contribution in [0.3, 0.4) is 0 Å². The Morgan fingerprint density at radius 3 is 2.29 bits per heavy atom. The highest BCUT2D eigenvalue weighted by Crippen LogP contribution is 2.75. The van der Waals surface area contributed by atoms with Crippen molar-refractivity contribution in [2.75, 3.05) is 39.8 Å². The van der Waals surface area contributed by atoms with Crippen LogP contribution in [0.2, 0.25) is 0 Å². The van der Waals surface area contributed by atoms with Crippen LogP contribution in [0.5, 0.6) is 0 Å². The van der Waals surface area contributed by atoms with Gasteiger partial charge in [0.1, 0.15) is 6.10 Å². The molecule has 0 amide bonds. The molecule has 6 aliphatic rings. The maximum atomic E-state index is 14.9. The fourth-order valence-corrected chi connectivity index (χ4v) is 12.6. The maximum absolute atomic E-state index is 14.9. The second-order valence-electron chi connectivity index (χ2n) is 18.0. The quantitative estimate of drug-likeness (QED) is 0.352. The summed E-state index contributed by atoms with van der Waals surface area (Å²) in [6.07, 6.45) is 9.58. The topological polar surface area (TPSA) is 87.2 Å². The molecule has 6 rings (SSSR count). The lowest BCUT2D eigenvalue weighted by Gasteiger charge is -2.71. The molecule has 5 fully saturated rings. The predicted octanol–water partition coefficient (Wildman–Crippen LogP) is 6.46. The van der Waals surface area contributed by atoms with Crippen LogP contribution in [0.4, 0.5) is 0 Å². The average molecular weight is 625 g/mol. The molecule has 0 radical (unpaired) electrons. The number of carboxylic acids is 1. The summed E-state index contributed by atoms with van der Waals surface area (Å²) in [5.41, 5.74) is 0.130. The number of hydrogen-bond acceptors (Lipinski definition) is 6. The van der Waals surface area contributed by atoms with Crippen LogP contribution in [0, 0.1) is 56.7 Å². The van der Waals surface area contributed by atoms with E-state index in [0.717, 1.165) is 45.4 Å². The molecule has 1 N–H and O–H groups in total. The zero-order chi connectivity index (χ0) is 32.7. The van der Waals surface area contributed by atoms with E-state index in [-0.39, 0.29) is 52.8 Å². The van der Waals surface area contributed by atoms with Gasteiger partial charge in [-0.3, -0.25) is 19.3 Å². The molecular weight excluding hydrogens is 564 g/mol. The molecule has 2 unspecified atom stereocenters. The van der Waals surface area contributed by atoms with Crippen molar-refractivity contribution in [1.82, 2.24) is 9.80 Å². The normalized spacial score (nSPS) is 48.7. The summed E-state index contributed by atoms with van der Waals surface area (Å²) in [5, 5.41) is 10.1. The number of carboxylic acid groups (broad SMARTS) is 1. The van der Waals surface area contributed by atoms with Crippen LogP contribution < -0.4 is 0 Å². The number of carbonyl (C=O) groups excluding carboxylic acids is 2. The predicted molar refractivity (Wildman–Crippen MR) is 175 cm³/mol. The zero-order valence-corrected chi connectivity index (χ0v) is 29.4. The number of ether oxygens (including phenoxy) is 1. The molecule has 0 aromatic carbocycles. The number of nitrogens with zero attached hydrogens (tertiary/aromatic N) is 2. The monoisotopic (exact) mass is 624 g/mol. The summed E-state index contributed by atoms with van der Waals surface area (Å²) in [5.74, 6) is 0.468. The van der Waals surface area contributed by atoms with E-state index in [9.17, 15) is 19.5 Å². The van der Waals surface area contributed by atoms with Crippen molar-refractivity contribution in [3.05, 3.63) is 11.6 Å². The number of aliphatic carboxylic acids is 1. The first kappa shape index (κ1) is 33.2. The van der Waals surface area contributed by atoms with Gasteiger partial charge in [0, 0.05) is 37.5 Å². The summed E-state index contributed by atoms with van der Waals surface area (Å²) < 4.78 is 6.52. The van der Waals surface area contributed by atoms with Gasteiger partial charge >= 0.3 is 11.9 Å². The lowest BCUT2D eigenvalue weighted by atomic mass is 9.33. The van der Waals surface area contributed by atoms with Crippen LogP contribution >= 0.6 is 0 Å². The van der Waals surface area contributed by atoms with Crippen molar-refractivity contribution in [2.45, 2.75) is 112 Å². The highest BCUT2D eigenvalue weighted by Gasteiger charge is 2.72. The Morgan fingerprint density at radius 2 is 1.62 bits per heavy atom. The minimum atomic E-state index is -0.783. The van der Waals surface area contributed by atoms with E-state index in [1.165, 1.54) is 24.8 Å². The SMILES string of the molecule is C[C@H]1[C@H](C)CC[C@]2(C)CC[C@]3(C)C(=CC(=O)[C@@H]4[C@@]5(C)C(OC(=O)CN6CCN(C)CC6)CCC(C)(CC(=O)O)[C@@H]5CC[C@]43C)[C@H]12. The van der Waals surface area contributed by atoms with E-state index in [2.05, 4.69) is 71.4 Å². The molecule has 7 heteroatoms. The van der Waals surface area contributed by atoms with Gasteiger partial charge in [-0.05, 0) is 110 Å². The largest absolute Gasteiger partial charge is 0.481 e. The van der Waals surface area contributed by atoms with Crippen molar-refractivity contribution < 1.29 is 24.2 Å². The third-order valence-electron chi connectivity index (χ3n) is 15.6. The van der Waals surface area contributed by atoms with Crippen LogP contribution in [0.25, 0.3) is 0 Å². The molecule has 45 heavy (non-hydrogen) atoms. The van der Waals surface area contributed by atoms with Crippen LogP contribution in [-0.2, 0) is 19.1 Å². The van der Waals surface area contributed by atoms with Gasteiger partial charge in [-0.15, -0.1) is 0 Å². The van der Waals surface area contributed by atoms with E-state index in [1.54, 1.807) is 0 Å². The third-order valence-corrected chi connectivity index (χ3v) is 15.6. The maximum Gasteiger partial charge on any atom is 0.320 e. The lowest BCUT2D eigenvalue weighted by Crippen LogP contribution is -2.69. The first-order chi connectivity index (χ1) is 21.0. The summed E-state index contributed by atoms with van der Waals surface area (Å²) in [7, 11) is 2.11. The van der Waals surface area contributed by atoms with E-state index < -0.39 is 22.9 Å². The van der Waals surface area contributed by atoms with Gasteiger partial charge in [-0.1, -0.05) is 54.0 Å². The number of esters is 1. The van der Waals surface area contributed by atoms with Crippen molar-refractivity contribution in [1.29, 1.82) is 0 Å². The second-order valence-corrected chi connectivity index (χ2v) is 18.0. The number of likely N-dealkylation sites (N-methyl/N-ethyl adjacent to an activating group) is 1. The van der Waals surface area contributed by atoms with Crippen molar-refractivity contribution in [3.8, 4) is 0 Å². The molecule has 0 aromatic rings. The number of piperazine rings is 1. The minimum absolute atomic E-state index is 0.0145. The summed E-state index contributed by atoms with van der Waals surface area (Å²) in [6.45, 7) is 20.3. The number of allylic oxidation sites excluding steroid dienone is 2. The number of ketones is 1. The van der Waals surface area contributed by atoms with E-state index in [0.29, 0.717) is 30.6 Å². The van der Waals surface area contributed by atoms with Crippen molar-refractivity contribution in [3.63, 3.8) is 0 Å². The van der Waals surface area contributed by atoms with Crippen molar-refractivity contribution in [2.24, 2.45) is 56.7 Å². The molecular formula is C38H60N2O5. The smallest absolute Gasteiger partial charge is 0.320 e. The Balaban J connectivity index is 1.40. The van der Waals surface area contributed by atoms with Crippen LogP contribution in [0.15, 0.2) is 11.6 Å². The summed E-state index contributed by atoms with van der Waals surface area (Å²) in [4.78, 5) is 45.3. The van der Waals surface area contributed by atoms with Crippen LogP contribution in [-0.4, -0.2) is 78.5 Å². The van der Waals surface area contributed by atoms with Crippen molar-refractivity contribution >= 4 is 17.7 Å². The Labute approximate surface area is 271 Å². The second kappa shape index (κ2) is 11.2. The molecule has 1 aliphatic heterocycles. The Bertz CT molecular complexity index is 1260. The Hall–Kier alpha value is -1.73. The molecule has 0 bridgehead atoms. The Morgan fingerprint density at radius 1 is 0.933 bits per heavy atom.